The minimum Gasteiger partial charge on any atom is -0.493 e. The first-order valence-corrected chi connectivity index (χ1v) is 8.41. The van der Waals surface area contributed by atoms with Crippen molar-refractivity contribution in [1.82, 2.24) is 0 Å². The number of hydrogen-bond acceptors (Lipinski definition) is 7. The van der Waals surface area contributed by atoms with Gasteiger partial charge in [-0.15, -0.1) is 0 Å². The van der Waals surface area contributed by atoms with Crippen LogP contribution in [0.15, 0.2) is 30.0 Å². The highest BCUT2D eigenvalue weighted by Gasteiger charge is 2.30. The van der Waals surface area contributed by atoms with Gasteiger partial charge in [0.25, 0.3) is 0 Å². The number of benzene rings is 2. The fraction of sp³-hybridized carbons (Fsp3) is 0.238. The van der Waals surface area contributed by atoms with Gasteiger partial charge in [0.1, 0.15) is 17.6 Å². The van der Waals surface area contributed by atoms with E-state index in [4.69, 9.17) is 28.9 Å². The van der Waals surface area contributed by atoms with Crippen LogP contribution in [-0.2, 0) is 0 Å². The maximum Gasteiger partial charge on any atom is 0.232 e. The molecule has 0 saturated heterocycles. The molecule has 0 radical (unpaired) electrons. The van der Waals surface area contributed by atoms with Gasteiger partial charge in [0.05, 0.1) is 26.9 Å². The predicted octanol–water partition coefficient (Wildman–Crippen LogP) is 3.54. The van der Waals surface area contributed by atoms with Crippen molar-refractivity contribution in [2.45, 2.75) is 6.92 Å². The van der Waals surface area contributed by atoms with Gasteiger partial charge in [-0.2, -0.15) is 5.26 Å². The van der Waals surface area contributed by atoms with Crippen LogP contribution in [0.4, 0.5) is 0 Å². The second-order valence-electron chi connectivity index (χ2n) is 5.92. The molecular formula is C21H19NO6. The van der Waals surface area contributed by atoms with Crippen molar-refractivity contribution in [2.75, 3.05) is 27.9 Å². The largest absolute Gasteiger partial charge is 0.493 e. The van der Waals surface area contributed by atoms with Gasteiger partial charge in [-0.1, -0.05) is 0 Å². The summed E-state index contributed by atoms with van der Waals surface area (Å²) in [5, 5.41) is 8.67. The summed E-state index contributed by atoms with van der Waals surface area (Å²) < 4.78 is 27.2. The number of allylic oxidation sites excluding steroid dienone is 1. The maximum absolute atomic E-state index is 12.8. The van der Waals surface area contributed by atoms with Crippen LogP contribution in [0.1, 0.15) is 21.5 Å². The summed E-state index contributed by atoms with van der Waals surface area (Å²) in [5.41, 5.74) is 1.78. The lowest BCUT2D eigenvalue weighted by Gasteiger charge is -2.14. The van der Waals surface area contributed by atoms with E-state index in [1.807, 2.05) is 6.07 Å². The van der Waals surface area contributed by atoms with Gasteiger partial charge in [-0.3, -0.25) is 4.79 Å². The maximum atomic E-state index is 12.8. The molecule has 144 valence electrons. The fourth-order valence-corrected chi connectivity index (χ4v) is 3.06. The van der Waals surface area contributed by atoms with E-state index in [2.05, 4.69) is 0 Å². The van der Waals surface area contributed by atoms with Gasteiger partial charge in [-0.25, -0.2) is 0 Å². The SMILES string of the molecule is COc1ccc(C=C2Oc3cc(OCC#N)cc(C)c3C2=O)c(OC)c1OC. The predicted molar refractivity (Wildman–Crippen MR) is 101 cm³/mol. The van der Waals surface area contributed by atoms with Crippen LogP contribution in [0.2, 0.25) is 0 Å². The van der Waals surface area contributed by atoms with Crippen molar-refractivity contribution in [3.8, 4) is 34.8 Å². The Morgan fingerprint density at radius 2 is 1.86 bits per heavy atom. The van der Waals surface area contributed by atoms with Crippen LogP contribution < -0.4 is 23.7 Å². The van der Waals surface area contributed by atoms with Crippen LogP contribution in [0, 0.1) is 18.3 Å². The molecule has 0 amide bonds. The molecule has 7 heteroatoms. The molecule has 0 N–H and O–H groups in total. The average Bonchev–Trinajstić information content (AvgIpc) is 3.01. The van der Waals surface area contributed by atoms with E-state index in [9.17, 15) is 4.79 Å². The van der Waals surface area contributed by atoms with E-state index in [0.29, 0.717) is 45.4 Å². The number of nitrogens with zero attached hydrogens (tertiary/aromatic N) is 1. The number of hydrogen-bond donors (Lipinski definition) is 0. The summed E-state index contributed by atoms with van der Waals surface area (Å²) in [6, 6.07) is 8.69. The van der Waals surface area contributed by atoms with Crippen molar-refractivity contribution in [3.63, 3.8) is 0 Å². The van der Waals surface area contributed by atoms with Gasteiger partial charge in [-0.05, 0) is 36.8 Å². The van der Waals surface area contributed by atoms with Crippen molar-refractivity contribution in [3.05, 3.63) is 46.7 Å². The molecule has 0 bridgehead atoms. The number of carbonyl (C=O) groups is 1. The van der Waals surface area contributed by atoms with E-state index in [1.165, 1.54) is 21.3 Å². The Bertz CT molecular complexity index is 1000. The lowest BCUT2D eigenvalue weighted by molar-refractivity contribution is 0.101. The van der Waals surface area contributed by atoms with Crippen molar-refractivity contribution < 1.29 is 28.5 Å². The van der Waals surface area contributed by atoms with Gasteiger partial charge < -0.3 is 23.7 Å². The number of rotatable bonds is 6. The monoisotopic (exact) mass is 381 g/mol. The first-order valence-electron chi connectivity index (χ1n) is 8.41. The first-order chi connectivity index (χ1) is 13.5. The molecule has 3 rings (SSSR count). The topological polar surface area (TPSA) is 87.0 Å². The van der Waals surface area contributed by atoms with Crippen LogP contribution in [0.5, 0.6) is 28.7 Å². The molecule has 7 nitrogen and oxygen atoms in total. The number of ether oxygens (including phenoxy) is 5. The Hall–Kier alpha value is -3.66. The van der Waals surface area contributed by atoms with Crippen LogP contribution in [0.25, 0.3) is 6.08 Å². The summed E-state index contributed by atoms with van der Waals surface area (Å²) >= 11 is 0. The number of fused-ring (bicyclic) bond motifs is 1. The van der Waals surface area contributed by atoms with Crippen molar-refractivity contribution in [1.29, 1.82) is 5.26 Å². The zero-order valence-corrected chi connectivity index (χ0v) is 16.0. The van der Waals surface area contributed by atoms with Gasteiger partial charge in [0.2, 0.25) is 11.5 Å². The van der Waals surface area contributed by atoms with Gasteiger partial charge >= 0.3 is 0 Å². The van der Waals surface area contributed by atoms with Crippen LogP contribution in [0.3, 0.4) is 0 Å². The highest BCUT2D eigenvalue weighted by atomic mass is 16.5. The Morgan fingerprint density at radius 3 is 2.50 bits per heavy atom. The standard InChI is InChI=1S/C21H19NO6/c1-12-9-14(27-8-7-22)11-16-18(12)19(23)17(28-16)10-13-5-6-15(24-2)21(26-4)20(13)25-3/h5-6,9-11H,8H2,1-4H3. The molecule has 1 aliphatic heterocycles. The number of carbonyl (C=O) groups excluding carboxylic acids is 1. The third-order valence-electron chi connectivity index (χ3n) is 4.27. The fourth-order valence-electron chi connectivity index (χ4n) is 3.06. The molecule has 0 aliphatic carbocycles. The molecule has 0 atom stereocenters. The molecular weight excluding hydrogens is 362 g/mol. The smallest absolute Gasteiger partial charge is 0.232 e. The minimum atomic E-state index is -0.240. The van der Waals surface area contributed by atoms with E-state index < -0.39 is 0 Å². The second kappa shape index (κ2) is 7.92. The molecule has 2 aromatic rings. The summed E-state index contributed by atoms with van der Waals surface area (Å²) in [5.74, 6) is 2.14. The lowest BCUT2D eigenvalue weighted by Crippen LogP contribution is -2.01. The molecule has 0 unspecified atom stereocenters. The number of nitriles is 1. The van der Waals surface area contributed by atoms with E-state index >= 15 is 0 Å². The average molecular weight is 381 g/mol. The molecule has 0 aromatic heterocycles. The quantitative estimate of drug-likeness (QED) is 0.707. The Balaban J connectivity index is 2.02. The van der Waals surface area contributed by atoms with Gasteiger partial charge in [0.15, 0.2) is 23.9 Å². The third kappa shape index (κ3) is 3.32. The first kappa shape index (κ1) is 19.1. The molecule has 0 fully saturated rings. The highest BCUT2D eigenvalue weighted by Crippen LogP contribution is 2.42. The third-order valence-corrected chi connectivity index (χ3v) is 4.27. The zero-order valence-electron chi connectivity index (χ0n) is 16.0. The Morgan fingerprint density at radius 1 is 1.11 bits per heavy atom. The van der Waals surface area contributed by atoms with Gasteiger partial charge in [0, 0.05) is 11.6 Å². The molecule has 1 aliphatic rings. The normalized spacial score (nSPS) is 13.5. The molecule has 0 spiro atoms. The Labute approximate surface area is 162 Å². The van der Waals surface area contributed by atoms with Crippen LogP contribution in [-0.4, -0.2) is 33.7 Å². The number of ketones is 1. The second-order valence-corrected chi connectivity index (χ2v) is 5.92. The number of Topliss-reactive ketones (excluding diaryl/α,β-unsaturated/α-hetero) is 1. The minimum absolute atomic E-state index is 0.0856. The van der Waals surface area contributed by atoms with Crippen LogP contribution >= 0.6 is 0 Å². The van der Waals surface area contributed by atoms with E-state index in [1.54, 1.807) is 37.3 Å². The molecule has 2 aromatic carbocycles. The highest BCUT2D eigenvalue weighted by molar-refractivity contribution is 6.15. The Kier molecular flexibility index (Phi) is 5.41. The van der Waals surface area contributed by atoms with E-state index in [0.717, 1.165) is 0 Å². The summed E-state index contributed by atoms with van der Waals surface area (Å²) in [4.78, 5) is 12.8. The molecule has 0 saturated carbocycles. The molecule has 28 heavy (non-hydrogen) atoms. The summed E-state index contributed by atoms with van der Waals surface area (Å²) in [6.45, 7) is 1.71. The molecule has 1 heterocycles. The van der Waals surface area contributed by atoms with Crippen molar-refractivity contribution in [2.24, 2.45) is 0 Å². The number of aryl methyl sites for hydroxylation is 1. The van der Waals surface area contributed by atoms with E-state index in [-0.39, 0.29) is 18.1 Å². The van der Waals surface area contributed by atoms with Crippen molar-refractivity contribution >= 4 is 11.9 Å². The summed E-state index contributed by atoms with van der Waals surface area (Å²) in [6.07, 6.45) is 1.60. The zero-order chi connectivity index (χ0) is 20.3. The summed E-state index contributed by atoms with van der Waals surface area (Å²) in [7, 11) is 4.55. The lowest BCUT2D eigenvalue weighted by atomic mass is 10.0. The number of methoxy groups -OCH3 is 3.